The van der Waals surface area contributed by atoms with Crippen molar-refractivity contribution < 1.29 is 14.3 Å². The Morgan fingerprint density at radius 2 is 1.67 bits per heavy atom. The summed E-state index contributed by atoms with van der Waals surface area (Å²) in [6, 6.07) is 13.6. The Kier molecular flexibility index (Phi) is 7.85. The van der Waals surface area contributed by atoms with Crippen LogP contribution in [0.2, 0.25) is 0 Å². The van der Waals surface area contributed by atoms with Crippen molar-refractivity contribution in [1.82, 2.24) is 10.6 Å². The lowest BCUT2D eigenvalue weighted by Crippen LogP contribution is -2.36. The highest BCUT2D eigenvalue weighted by Crippen LogP contribution is 2.27. The van der Waals surface area contributed by atoms with Crippen LogP contribution in [0.5, 0.6) is 11.5 Å². The van der Waals surface area contributed by atoms with Crippen molar-refractivity contribution in [2.45, 2.75) is 43.5 Å². The van der Waals surface area contributed by atoms with E-state index < -0.39 is 0 Å². The Balaban J connectivity index is 1.88. The molecule has 1 unspecified atom stereocenters. The van der Waals surface area contributed by atoms with Crippen molar-refractivity contribution in [2.24, 2.45) is 0 Å². The number of hydrogen-bond donors (Lipinski definition) is 2. The van der Waals surface area contributed by atoms with E-state index in [4.69, 9.17) is 9.47 Å². The first-order valence-corrected chi connectivity index (χ1v) is 9.82. The molecule has 0 aliphatic carbocycles. The van der Waals surface area contributed by atoms with Gasteiger partial charge in [-0.1, -0.05) is 32.0 Å². The van der Waals surface area contributed by atoms with Crippen LogP contribution in [0.25, 0.3) is 0 Å². The zero-order chi connectivity index (χ0) is 19.8. The van der Waals surface area contributed by atoms with Gasteiger partial charge >= 0.3 is 6.03 Å². The van der Waals surface area contributed by atoms with Gasteiger partial charge in [0.1, 0.15) is 0 Å². The number of urea groups is 1. The van der Waals surface area contributed by atoms with Crippen molar-refractivity contribution in [1.29, 1.82) is 0 Å². The van der Waals surface area contributed by atoms with Gasteiger partial charge in [-0.15, -0.1) is 11.8 Å². The molecular formula is C21H28N2O3S. The molecule has 2 aromatic carbocycles. The molecule has 0 radical (unpaired) electrons. The van der Waals surface area contributed by atoms with Crippen LogP contribution >= 0.6 is 11.8 Å². The van der Waals surface area contributed by atoms with Crippen molar-refractivity contribution >= 4 is 17.8 Å². The van der Waals surface area contributed by atoms with E-state index in [0.29, 0.717) is 23.3 Å². The molecule has 0 saturated heterocycles. The second-order valence-electron chi connectivity index (χ2n) is 6.47. The van der Waals surface area contributed by atoms with Gasteiger partial charge in [-0.3, -0.25) is 0 Å². The Morgan fingerprint density at radius 1 is 1.00 bits per heavy atom. The minimum atomic E-state index is -0.210. The van der Waals surface area contributed by atoms with Crippen LogP contribution in [0.4, 0.5) is 4.79 Å². The van der Waals surface area contributed by atoms with Crippen molar-refractivity contribution in [2.75, 3.05) is 14.2 Å². The lowest BCUT2D eigenvalue weighted by Gasteiger charge is -2.16. The number of amides is 2. The summed E-state index contributed by atoms with van der Waals surface area (Å²) in [4.78, 5) is 13.4. The molecule has 2 N–H and O–H groups in total. The maximum atomic E-state index is 12.2. The third kappa shape index (κ3) is 6.40. The van der Waals surface area contributed by atoms with E-state index in [-0.39, 0.29) is 12.1 Å². The van der Waals surface area contributed by atoms with Crippen LogP contribution < -0.4 is 20.1 Å². The number of carbonyl (C=O) groups is 1. The minimum Gasteiger partial charge on any atom is -0.493 e. The normalized spacial score (nSPS) is 11.8. The Hall–Kier alpha value is -2.34. The number of carbonyl (C=O) groups excluding carboxylic acids is 1. The standard InChI is InChI=1S/C21H28N2O3S/c1-14(2)27-18-9-7-17(8-10-18)15(3)23-21(24)22-13-16-6-11-19(25-4)20(12-16)26-5/h6-12,14-15H,13H2,1-5H3,(H2,22,23,24). The van der Waals surface area contributed by atoms with Crippen molar-refractivity contribution in [3.63, 3.8) is 0 Å². The maximum Gasteiger partial charge on any atom is 0.315 e. The van der Waals surface area contributed by atoms with E-state index in [9.17, 15) is 4.79 Å². The highest BCUT2D eigenvalue weighted by atomic mass is 32.2. The van der Waals surface area contributed by atoms with Gasteiger partial charge in [0, 0.05) is 16.7 Å². The van der Waals surface area contributed by atoms with Crippen LogP contribution in [0.1, 0.15) is 37.9 Å². The fraction of sp³-hybridized carbons (Fsp3) is 0.381. The highest BCUT2D eigenvalue weighted by Gasteiger charge is 2.10. The van der Waals surface area contributed by atoms with Crippen LogP contribution in [-0.2, 0) is 6.54 Å². The molecule has 5 nitrogen and oxygen atoms in total. The number of thioether (sulfide) groups is 1. The molecule has 0 aromatic heterocycles. The van der Waals surface area contributed by atoms with Crippen LogP contribution in [0, 0.1) is 0 Å². The molecule has 0 bridgehead atoms. The zero-order valence-electron chi connectivity index (χ0n) is 16.5. The summed E-state index contributed by atoms with van der Waals surface area (Å²) in [6.07, 6.45) is 0. The number of ether oxygens (including phenoxy) is 2. The minimum absolute atomic E-state index is 0.0755. The van der Waals surface area contributed by atoms with Gasteiger partial charge in [-0.25, -0.2) is 4.79 Å². The number of benzene rings is 2. The first-order chi connectivity index (χ1) is 12.9. The summed E-state index contributed by atoms with van der Waals surface area (Å²) in [5, 5.41) is 6.39. The number of methoxy groups -OCH3 is 2. The second kappa shape index (κ2) is 10.1. The summed E-state index contributed by atoms with van der Waals surface area (Å²) in [6.45, 7) is 6.72. The fourth-order valence-electron chi connectivity index (χ4n) is 2.61. The number of nitrogens with one attached hydrogen (secondary N) is 2. The summed E-state index contributed by atoms with van der Waals surface area (Å²) in [5.74, 6) is 1.31. The monoisotopic (exact) mass is 388 g/mol. The van der Waals surface area contributed by atoms with Crippen LogP contribution in [-0.4, -0.2) is 25.5 Å². The van der Waals surface area contributed by atoms with Gasteiger partial charge in [0.05, 0.1) is 20.3 Å². The van der Waals surface area contributed by atoms with Gasteiger partial charge < -0.3 is 20.1 Å². The third-order valence-electron chi connectivity index (χ3n) is 4.00. The lowest BCUT2D eigenvalue weighted by atomic mass is 10.1. The molecule has 0 aliphatic rings. The first kappa shape index (κ1) is 21.0. The van der Waals surface area contributed by atoms with E-state index in [1.807, 2.05) is 36.9 Å². The molecule has 1 atom stereocenters. The molecule has 27 heavy (non-hydrogen) atoms. The van der Waals surface area contributed by atoms with Gasteiger partial charge in [0.15, 0.2) is 11.5 Å². The molecule has 0 saturated carbocycles. The van der Waals surface area contributed by atoms with Crippen molar-refractivity contribution in [3.8, 4) is 11.5 Å². The third-order valence-corrected chi connectivity index (χ3v) is 5.02. The predicted octanol–water partition coefficient (Wildman–Crippen LogP) is 4.76. The summed E-state index contributed by atoms with van der Waals surface area (Å²) < 4.78 is 10.5. The Bertz CT molecular complexity index is 748. The van der Waals surface area contributed by atoms with E-state index in [1.165, 1.54) is 4.90 Å². The molecule has 146 valence electrons. The summed E-state index contributed by atoms with van der Waals surface area (Å²) in [5.41, 5.74) is 2.01. The molecule has 2 rings (SSSR count). The lowest BCUT2D eigenvalue weighted by molar-refractivity contribution is 0.237. The molecule has 0 fully saturated rings. The summed E-state index contributed by atoms with van der Waals surface area (Å²) in [7, 11) is 3.19. The SMILES string of the molecule is COc1ccc(CNC(=O)NC(C)c2ccc(SC(C)C)cc2)cc1OC. The molecule has 6 heteroatoms. The van der Waals surface area contributed by atoms with E-state index in [2.05, 4.69) is 48.7 Å². The molecule has 0 heterocycles. The van der Waals surface area contributed by atoms with E-state index in [0.717, 1.165) is 11.1 Å². The number of hydrogen-bond acceptors (Lipinski definition) is 4. The predicted molar refractivity (Wildman–Crippen MR) is 111 cm³/mol. The molecule has 0 spiro atoms. The van der Waals surface area contributed by atoms with Gasteiger partial charge in [0.25, 0.3) is 0 Å². The molecule has 2 amide bonds. The zero-order valence-corrected chi connectivity index (χ0v) is 17.4. The average Bonchev–Trinajstić information content (AvgIpc) is 2.66. The molecule has 2 aromatic rings. The smallest absolute Gasteiger partial charge is 0.315 e. The first-order valence-electron chi connectivity index (χ1n) is 8.94. The maximum absolute atomic E-state index is 12.2. The van der Waals surface area contributed by atoms with E-state index >= 15 is 0 Å². The number of rotatable bonds is 8. The van der Waals surface area contributed by atoms with Gasteiger partial charge in [0.2, 0.25) is 0 Å². The molecular weight excluding hydrogens is 360 g/mol. The average molecular weight is 389 g/mol. The Morgan fingerprint density at radius 3 is 2.26 bits per heavy atom. The summed E-state index contributed by atoms with van der Waals surface area (Å²) >= 11 is 1.83. The quantitative estimate of drug-likeness (QED) is 0.640. The van der Waals surface area contributed by atoms with Crippen LogP contribution in [0.15, 0.2) is 47.4 Å². The van der Waals surface area contributed by atoms with Gasteiger partial charge in [-0.05, 0) is 42.3 Å². The topological polar surface area (TPSA) is 59.6 Å². The molecule has 0 aliphatic heterocycles. The Labute approximate surface area is 165 Å². The van der Waals surface area contributed by atoms with E-state index in [1.54, 1.807) is 14.2 Å². The largest absolute Gasteiger partial charge is 0.493 e. The second-order valence-corrected chi connectivity index (χ2v) is 8.12. The highest BCUT2D eigenvalue weighted by molar-refractivity contribution is 7.99. The fourth-order valence-corrected chi connectivity index (χ4v) is 3.45. The van der Waals surface area contributed by atoms with Crippen LogP contribution in [0.3, 0.4) is 0 Å². The van der Waals surface area contributed by atoms with Crippen molar-refractivity contribution in [3.05, 3.63) is 53.6 Å². The van der Waals surface area contributed by atoms with Gasteiger partial charge in [-0.2, -0.15) is 0 Å².